The van der Waals surface area contributed by atoms with E-state index >= 15 is 0 Å². The average Bonchev–Trinajstić information content (AvgIpc) is 2.47. The highest BCUT2D eigenvalue weighted by Gasteiger charge is 2.74. The van der Waals surface area contributed by atoms with Gasteiger partial charge in [0.05, 0.1) is 0 Å². The third-order valence-corrected chi connectivity index (χ3v) is 5.83. The molecule has 4 nitrogen and oxygen atoms in total. The van der Waals surface area contributed by atoms with Crippen molar-refractivity contribution in [3.05, 3.63) is 35.9 Å². The van der Waals surface area contributed by atoms with Crippen molar-refractivity contribution in [2.24, 2.45) is 17.3 Å². The molecule has 122 valence electrons. The Kier molecular flexibility index (Phi) is 3.09. The Morgan fingerprint density at radius 2 is 1.57 bits per heavy atom. The fraction of sp³-hybridized carbons (Fsp3) is 0.579. The summed E-state index contributed by atoms with van der Waals surface area (Å²) in [6.07, 6.45) is 4.19. The molecule has 4 heteroatoms. The molecular weight excluding hydrogens is 292 g/mol. The lowest BCUT2D eigenvalue weighted by Gasteiger charge is -2.61. The van der Waals surface area contributed by atoms with Gasteiger partial charge in [-0.1, -0.05) is 43.2 Å². The standard InChI is InChI=1S/C19H22O4/c1-18(2)22-16(20)19(17(21)23-18)14-11-7-6-10-13(14)15(19)12-8-4-3-5-9-12/h3-5,8-9,13-15H,6-7,10-11H2,1-2H3/t13-,14+,15-/m0/s1. The molecule has 1 aromatic carbocycles. The van der Waals surface area contributed by atoms with E-state index in [0.29, 0.717) is 5.92 Å². The van der Waals surface area contributed by atoms with E-state index in [-0.39, 0.29) is 11.8 Å². The van der Waals surface area contributed by atoms with E-state index in [9.17, 15) is 9.59 Å². The number of carbonyl (C=O) groups excluding carboxylic acids is 2. The molecule has 3 atom stereocenters. The average molecular weight is 314 g/mol. The van der Waals surface area contributed by atoms with Crippen molar-refractivity contribution in [2.45, 2.75) is 51.2 Å². The topological polar surface area (TPSA) is 52.6 Å². The molecule has 23 heavy (non-hydrogen) atoms. The number of benzene rings is 1. The fourth-order valence-corrected chi connectivity index (χ4v) is 5.02. The van der Waals surface area contributed by atoms with Crippen molar-refractivity contribution in [1.29, 1.82) is 0 Å². The minimum Gasteiger partial charge on any atom is -0.422 e. The molecule has 0 bridgehead atoms. The minimum absolute atomic E-state index is 0.0533. The summed E-state index contributed by atoms with van der Waals surface area (Å²) in [5.41, 5.74) is -0.0913. The summed E-state index contributed by atoms with van der Waals surface area (Å²) in [5, 5.41) is 0. The highest BCUT2D eigenvalue weighted by atomic mass is 16.7. The Morgan fingerprint density at radius 3 is 2.22 bits per heavy atom. The van der Waals surface area contributed by atoms with Crippen LogP contribution in [-0.4, -0.2) is 17.7 Å². The lowest BCUT2D eigenvalue weighted by atomic mass is 9.41. The highest BCUT2D eigenvalue weighted by Crippen LogP contribution is 2.68. The van der Waals surface area contributed by atoms with Crippen molar-refractivity contribution in [2.75, 3.05) is 0 Å². The second kappa shape index (κ2) is 4.83. The molecule has 2 aliphatic carbocycles. The quantitative estimate of drug-likeness (QED) is 0.589. The molecular formula is C19H22O4. The zero-order valence-electron chi connectivity index (χ0n) is 13.6. The number of esters is 2. The van der Waals surface area contributed by atoms with Gasteiger partial charge >= 0.3 is 11.9 Å². The van der Waals surface area contributed by atoms with Gasteiger partial charge in [-0.2, -0.15) is 0 Å². The molecule has 0 radical (unpaired) electrons. The summed E-state index contributed by atoms with van der Waals surface area (Å²) >= 11 is 0. The predicted molar refractivity (Wildman–Crippen MR) is 83.3 cm³/mol. The smallest absolute Gasteiger partial charge is 0.327 e. The van der Waals surface area contributed by atoms with E-state index in [1.165, 1.54) is 0 Å². The normalized spacial score (nSPS) is 34.1. The summed E-state index contributed by atoms with van der Waals surface area (Å²) in [6, 6.07) is 9.90. The van der Waals surface area contributed by atoms with Crippen LogP contribution in [0.15, 0.2) is 30.3 Å². The lowest BCUT2D eigenvalue weighted by Crippen LogP contribution is -2.69. The maximum atomic E-state index is 12.9. The van der Waals surface area contributed by atoms with Crippen LogP contribution in [0.25, 0.3) is 0 Å². The highest BCUT2D eigenvalue weighted by molar-refractivity contribution is 6.04. The van der Waals surface area contributed by atoms with Gasteiger partial charge in [-0.25, -0.2) is 0 Å². The van der Waals surface area contributed by atoms with Crippen molar-refractivity contribution in [3.63, 3.8) is 0 Å². The zero-order valence-corrected chi connectivity index (χ0v) is 13.6. The minimum atomic E-state index is -1.17. The Balaban J connectivity index is 1.80. The van der Waals surface area contributed by atoms with Crippen LogP contribution in [0.5, 0.6) is 0 Å². The molecule has 1 spiro atoms. The maximum Gasteiger partial charge on any atom is 0.327 e. The SMILES string of the molecule is CC1(C)OC(=O)C2(C(=O)O1)[C@@H]1CCCC[C@@H]1[C@@H]2c1ccccc1. The Labute approximate surface area is 136 Å². The molecule has 0 N–H and O–H groups in total. The summed E-state index contributed by atoms with van der Waals surface area (Å²) < 4.78 is 11.0. The van der Waals surface area contributed by atoms with E-state index in [0.717, 1.165) is 31.2 Å². The number of fused-ring (bicyclic) bond motifs is 2. The summed E-state index contributed by atoms with van der Waals surface area (Å²) in [6.45, 7) is 3.23. The van der Waals surface area contributed by atoms with Gasteiger partial charge in [-0.3, -0.25) is 9.59 Å². The van der Waals surface area contributed by atoms with Gasteiger partial charge in [-0.15, -0.1) is 0 Å². The van der Waals surface area contributed by atoms with E-state index in [4.69, 9.17) is 9.47 Å². The Morgan fingerprint density at radius 1 is 0.957 bits per heavy atom. The molecule has 0 aromatic heterocycles. The van der Waals surface area contributed by atoms with Crippen LogP contribution in [0.4, 0.5) is 0 Å². The van der Waals surface area contributed by atoms with Gasteiger partial charge in [0.25, 0.3) is 5.79 Å². The first-order valence-electron chi connectivity index (χ1n) is 8.48. The molecule has 2 saturated carbocycles. The number of rotatable bonds is 1. The fourth-order valence-electron chi connectivity index (χ4n) is 5.02. The zero-order chi connectivity index (χ0) is 16.2. The summed E-state index contributed by atoms with van der Waals surface area (Å²) in [4.78, 5) is 25.9. The number of hydrogen-bond acceptors (Lipinski definition) is 4. The van der Waals surface area contributed by atoms with Crippen LogP contribution in [0.1, 0.15) is 51.0 Å². The number of hydrogen-bond donors (Lipinski definition) is 0. The molecule has 0 amide bonds. The number of cyclic esters (lactones) is 2. The van der Waals surface area contributed by atoms with Gasteiger partial charge in [0, 0.05) is 19.8 Å². The molecule has 4 rings (SSSR count). The largest absolute Gasteiger partial charge is 0.422 e. The first-order chi connectivity index (χ1) is 11.0. The van der Waals surface area contributed by atoms with Crippen LogP contribution in [-0.2, 0) is 19.1 Å². The van der Waals surface area contributed by atoms with Gasteiger partial charge in [0.1, 0.15) is 0 Å². The van der Waals surface area contributed by atoms with E-state index in [1.807, 2.05) is 30.3 Å². The van der Waals surface area contributed by atoms with Gasteiger partial charge in [-0.05, 0) is 30.2 Å². The number of ether oxygens (including phenoxy) is 2. The molecule has 1 saturated heterocycles. The van der Waals surface area contributed by atoms with Crippen LogP contribution in [0.3, 0.4) is 0 Å². The van der Waals surface area contributed by atoms with Gasteiger partial charge in [0.15, 0.2) is 5.41 Å². The molecule has 1 aromatic rings. The summed E-state index contributed by atoms with van der Waals surface area (Å²) in [7, 11) is 0. The van der Waals surface area contributed by atoms with Crippen molar-refractivity contribution >= 4 is 11.9 Å². The third kappa shape index (κ3) is 1.90. The first kappa shape index (κ1) is 14.7. The van der Waals surface area contributed by atoms with Crippen LogP contribution in [0.2, 0.25) is 0 Å². The van der Waals surface area contributed by atoms with Gasteiger partial charge in [0.2, 0.25) is 0 Å². The first-order valence-corrected chi connectivity index (χ1v) is 8.48. The third-order valence-electron chi connectivity index (χ3n) is 5.83. The van der Waals surface area contributed by atoms with Crippen molar-refractivity contribution < 1.29 is 19.1 Å². The monoisotopic (exact) mass is 314 g/mol. The molecule has 1 aliphatic heterocycles. The number of carbonyl (C=O) groups is 2. The maximum absolute atomic E-state index is 12.9. The second-order valence-electron chi connectivity index (χ2n) is 7.49. The van der Waals surface area contributed by atoms with Gasteiger partial charge < -0.3 is 9.47 Å². The van der Waals surface area contributed by atoms with Crippen molar-refractivity contribution in [1.82, 2.24) is 0 Å². The molecule has 3 fully saturated rings. The lowest BCUT2D eigenvalue weighted by molar-refractivity contribution is -0.275. The van der Waals surface area contributed by atoms with E-state index < -0.39 is 23.1 Å². The Hall–Kier alpha value is -1.84. The second-order valence-corrected chi connectivity index (χ2v) is 7.49. The molecule has 3 aliphatic rings. The Bertz CT molecular complexity index is 629. The molecule has 1 heterocycles. The predicted octanol–water partition coefficient (Wildman–Crippen LogP) is 3.41. The van der Waals surface area contributed by atoms with Crippen LogP contribution in [0, 0.1) is 17.3 Å². The molecule has 0 unspecified atom stereocenters. The summed E-state index contributed by atoms with van der Waals surface area (Å²) in [5.74, 6) is -1.65. The van der Waals surface area contributed by atoms with Crippen LogP contribution < -0.4 is 0 Å². The van der Waals surface area contributed by atoms with E-state index in [2.05, 4.69) is 0 Å². The van der Waals surface area contributed by atoms with Crippen molar-refractivity contribution in [3.8, 4) is 0 Å². The van der Waals surface area contributed by atoms with Crippen LogP contribution >= 0.6 is 0 Å². The van der Waals surface area contributed by atoms with E-state index in [1.54, 1.807) is 13.8 Å².